The quantitative estimate of drug-likeness (QED) is 0.668. The summed E-state index contributed by atoms with van der Waals surface area (Å²) in [5.74, 6) is -3.61. The van der Waals surface area contributed by atoms with Gasteiger partial charge in [0.2, 0.25) is 0 Å². The number of carbonyl (C=O) groups excluding carboxylic acids is 1. The van der Waals surface area contributed by atoms with Crippen molar-refractivity contribution in [3.63, 3.8) is 0 Å². The molecule has 0 saturated carbocycles. The van der Waals surface area contributed by atoms with Crippen LogP contribution in [0.1, 0.15) is 15.9 Å². The lowest BCUT2D eigenvalue weighted by atomic mass is 10.1. The largest absolute Gasteiger partial charge is 0.508 e. The van der Waals surface area contributed by atoms with Crippen molar-refractivity contribution in [1.82, 2.24) is 0 Å². The Morgan fingerprint density at radius 2 is 1.60 bits per heavy atom. The maximum atomic E-state index is 13.0. The second kappa shape index (κ2) is 5.52. The van der Waals surface area contributed by atoms with Gasteiger partial charge in [-0.1, -0.05) is 18.2 Å². The second-order valence-corrected chi connectivity index (χ2v) is 4.07. The molecule has 0 amide bonds. The van der Waals surface area contributed by atoms with E-state index in [-0.39, 0.29) is 11.3 Å². The molecular weight excluding hydrogens is 266 g/mol. The van der Waals surface area contributed by atoms with Gasteiger partial charge in [0.1, 0.15) is 11.5 Å². The van der Waals surface area contributed by atoms with Gasteiger partial charge < -0.3 is 10.2 Å². The number of benzene rings is 2. The first kappa shape index (κ1) is 13.7. The molecule has 102 valence electrons. The molecule has 0 atom stereocenters. The van der Waals surface area contributed by atoms with Gasteiger partial charge in [-0.2, -0.15) is 0 Å². The smallest absolute Gasteiger partial charge is 0.189 e. The topological polar surface area (TPSA) is 57.5 Å². The standard InChI is InChI=1S/C15H10F2O3/c16-12-7-11(15(20)8-13(12)17)14(19)6-3-9-1-4-10(18)5-2-9/h1-8,18,20H/b6-3+. The lowest BCUT2D eigenvalue weighted by molar-refractivity contribution is 0.104. The molecule has 0 aliphatic heterocycles. The number of allylic oxidation sites excluding steroid dienone is 1. The molecule has 2 aromatic carbocycles. The first-order valence-corrected chi connectivity index (χ1v) is 5.67. The van der Waals surface area contributed by atoms with Gasteiger partial charge in [0.25, 0.3) is 0 Å². The number of hydrogen-bond donors (Lipinski definition) is 2. The molecule has 5 heteroatoms. The Bertz CT molecular complexity index is 676. The zero-order valence-electron chi connectivity index (χ0n) is 10.2. The fraction of sp³-hybridized carbons (Fsp3) is 0. The average Bonchev–Trinajstić information content (AvgIpc) is 2.42. The van der Waals surface area contributed by atoms with Gasteiger partial charge >= 0.3 is 0 Å². The Morgan fingerprint density at radius 3 is 2.25 bits per heavy atom. The normalized spacial score (nSPS) is 10.9. The summed E-state index contributed by atoms with van der Waals surface area (Å²) in [6, 6.07) is 7.23. The van der Waals surface area contributed by atoms with Gasteiger partial charge in [-0.05, 0) is 29.8 Å². The number of rotatable bonds is 3. The summed E-state index contributed by atoms with van der Waals surface area (Å²) in [7, 11) is 0. The Morgan fingerprint density at radius 1 is 1.00 bits per heavy atom. The Balaban J connectivity index is 2.24. The van der Waals surface area contributed by atoms with Gasteiger partial charge in [0.15, 0.2) is 17.4 Å². The van der Waals surface area contributed by atoms with Crippen LogP contribution in [0.2, 0.25) is 0 Å². The van der Waals surface area contributed by atoms with Gasteiger partial charge in [0.05, 0.1) is 5.56 Å². The summed E-state index contributed by atoms with van der Waals surface area (Å²) >= 11 is 0. The zero-order valence-corrected chi connectivity index (χ0v) is 10.2. The SMILES string of the molecule is O=C(/C=C/c1ccc(O)cc1)c1cc(F)c(F)cc1O. The van der Waals surface area contributed by atoms with Crippen LogP contribution in [0.25, 0.3) is 6.08 Å². The fourth-order valence-corrected chi connectivity index (χ4v) is 1.58. The molecule has 20 heavy (non-hydrogen) atoms. The highest BCUT2D eigenvalue weighted by Gasteiger charge is 2.13. The summed E-state index contributed by atoms with van der Waals surface area (Å²) in [5.41, 5.74) is 0.317. The molecule has 2 N–H and O–H groups in total. The first-order valence-electron chi connectivity index (χ1n) is 5.67. The molecule has 0 spiro atoms. The van der Waals surface area contributed by atoms with E-state index in [0.717, 1.165) is 6.08 Å². The molecule has 2 aromatic rings. The van der Waals surface area contributed by atoms with Crippen LogP contribution in [-0.2, 0) is 0 Å². The van der Waals surface area contributed by atoms with E-state index in [4.69, 9.17) is 5.11 Å². The van der Waals surface area contributed by atoms with Gasteiger partial charge in [-0.3, -0.25) is 4.79 Å². The predicted octanol–water partition coefficient (Wildman–Crippen LogP) is 3.27. The van der Waals surface area contributed by atoms with Crippen molar-refractivity contribution in [3.8, 4) is 11.5 Å². The molecule has 0 aliphatic carbocycles. The monoisotopic (exact) mass is 276 g/mol. The van der Waals surface area contributed by atoms with E-state index >= 15 is 0 Å². The third-order valence-corrected chi connectivity index (χ3v) is 2.62. The first-order chi connectivity index (χ1) is 9.47. The van der Waals surface area contributed by atoms with Crippen molar-refractivity contribution < 1.29 is 23.8 Å². The van der Waals surface area contributed by atoms with Crippen LogP contribution in [0.3, 0.4) is 0 Å². The van der Waals surface area contributed by atoms with Gasteiger partial charge in [-0.25, -0.2) is 8.78 Å². The van der Waals surface area contributed by atoms with Crippen LogP contribution in [0, 0.1) is 11.6 Å². The summed E-state index contributed by atoms with van der Waals surface area (Å²) < 4.78 is 25.9. The van der Waals surface area contributed by atoms with Crippen LogP contribution >= 0.6 is 0 Å². The van der Waals surface area contributed by atoms with E-state index in [1.165, 1.54) is 18.2 Å². The number of ketones is 1. The Hall–Kier alpha value is -2.69. The highest BCUT2D eigenvalue weighted by molar-refractivity contribution is 6.08. The van der Waals surface area contributed by atoms with Crippen molar-refractivity contribution >= 4 is 11.9 Å². The number of carbonyl (C=O) groups is 1. The van der Waals surface area contributed by atoms with E-state index in [1.54, 1.807) is 12.1 Å². The van der Waals surface area contributed by atoms with Crippen LogP contribution in [-0.4, -0.2) is 16.0 Å². The highest BCUT2D eigenvalue weighted by Crippen LogP contribution is 2.22. The lowest BCUT2D eigenvalue weighted by Gasteiger charge is -2.01. The molecule has 0 aliphatic rings. The molecule has 0 fully saturated rings. The highest BCUT2D eigenvalue weighted by atomic mass is 19.2. The summed E-state index contributed by atoms with van der Waals surface area (Å²) in [6.45, 7) is 0. The Kier molecular flexibility index (Phi) is 3.79. The summed E-state index contributed by atoms with van der Waals surface area (Å²) in [4.78, 5) is 11.8. The van der Waals surface area contributed by atoms with Crippen molar-refractivity contribution in [3.05, 3.63) is 65.2 Å². The number of hydrogen-bond acceptors (Lipinski definition) is 3. The van der Waals surface area contributed by atoms with Crippen LogP contribution in [0.5, 0.6) is 11.5 Å². The molecule has 0 unspecified atom stereocenters. The maximum Gasteiger partial charge on any atom is 0.189 e. The van der Waals surface area contributed by atoms with Crippen LogP contribution in [0.4, 0.5) is 8.78 Å². The number of phenolic OH excluding ortho intramolecular Hbond substituents is 2. The number of aromatic hydroxyl groups is 2. The van der Waals surface area contributed by atoms with Crippen molar-refractivity contribution in [2.75, 3.05) is 0 Å². The van der Waals surface area contributed by atoms with Crippen molar-refractivity contribution in [1.29, 1.82) is 0 Å². The predicted molar refractivity (Wildman–Crippen MR) is 69.5 cm³/mol. The van der Waals surface area contributed by atoms with E-state index in [2.05, 4.69) is 0 Å². The van der Waals surface area contributed by atoms with Gasteiger partial charge in [-0.15, -0.1) is 0 Å². The fourth-order valence-electron chi connectivity index (χ4n) is 1.58. The molecule has 3 nitrogen and oxygen atoms in total. The van der Waals surface area contributed by atoms with E-state index in [9.17, 15) is 18.7 Å². The molecule has 2 rings (SSSR count). The van der Waals surface area contributed by atoms with Gasteiger partial charge in [0, 0.05) is 6.07 Å². The van der Waals surface area contributed by atoms with Crippen molar-refractivity contribution in [2.24, 2.45) is 0 Å². The molecule has 0 radical (unpaired) electrons. The third kappa shape index (κ3) is 3.00. The van der Waals surface area contributed by atoms with E-state index in [0.29, 0.717) is 17.7 Å². The summed E-state index contributed by atoms with van der Waals surface area (Å²) in [5, 5.41) is 18.5. The number of phenols is 2. The molecule has 0 bridgehead atoms. The Labute approximate surface area is 113 Å². The zero-order chi connectivity index (χ0) is 14.7. The molecular formula is C15H10F2O3. The maximum absolute atomic E-state index is 13.0. The van der Waals surface area contributed by atoms with E-state index in [1.807, 2.05) is 0 Å². The van der Waals surface area contributed by atoms with Crippen LogP contribution in [0.15, 0.2) is 42.5 Å². The minimum absolute atomic E-state index is 0.0896. The lowest BCUT2D eigenvalue weighted by Crippen LogP contribution is -1.98. The van der Waals surface area contributed by atoms with Crippen LogP contribution < -0.4 is 0 Å². The summed E-state index contributed by atoms with van der Waals surface area (Å²) in [6.07, 6.45) is 2.56. The third-order valence-electron chi connectivity index (χ3n) is 2.62. The molecule has 0 heterocycles. The molecule has 0 aromatic heterocycles. The van der Waals surface area contributed by atoms with E-state index < -0.39 is 23.2 Å². The van der Waals surface area contributed by atoms with Crippen molar-refractivity contribution in [2.45, 2.75) is 0 Å². The minimum atomic E-state index is -1.22. The molecule has 0 saturated heterocycles. The average molecular weight is 276 g/mol. The minimum Gasteiger partial charge on any atom is -0.508 e. The number of halogens is 2. The second-order valence-electron chi connectivity index (χ2n) is 4.07.